The topological polar surface area (TPSA) is 23.6 Å². The summed E-state index contributed by atoms with van der Waals surface area (Å²) in [6, 6.07) is 28.1. The van der Waals surface area contributed by atoms with Crippen LogP contribution in [-0.2, 0) is 29.7 Å². The number of ketones is 1. The third-order valence-electron chi connectivity index (χ3n) is 8.33. The average Bonchev–Trinajstić information content (AvgIpc) is 2.93. The summed E-state index contributed by atoms with van der Waals surface area (Å²) in [5, 5.41) is 0. The van der Waals surface area contributed by atoms with Crippen molar-refractivity contribution < 1.29 is 4.79 Å². The molecule has 37 heavy (non-hydrogen) atoms. The summed E-state index contributed by atoms with van der Waals surface area (Å²) < 4.78 is 0. The van der Waals surface area contributed by atoms with Gasteiger partial charge >= 0.3 is 0 Å². The molecule has 3 aromatic rings. The largest absolute Gasteiger partial charge is 0.299 e. The van der Waals surface area contributed by atoms with Crippen molar-refractivity contribution in [3.8, 4) is 0 Å². The lowest BCUT2D eigenvalue weighted by Gasteiger charge is -2.44. The lowest BCUT2D eigenvalue weighted by Crippen LogP contribution is -2.49. The van der Waals surface area contributed by atoms with Gasteiger partial charge in [-0.05, 0) is 60.2 Å². The fraction of sp³-hybridized carbons (Fsp3) is 0.406. The van der Waals surface area contributed by atoms with Crippen LogP contribution in [-0.4, -0.2) is 47.0 Å². The first-order chi connectivity index (χ1) is 18.1. The molecule has 1 spiro atoms. The maximum absolute atomic E-state index is 13.2. The number of nitrogens with zero attached hydrogens (tertiary/aromatic N) is 2. The number of carbonyl (C=O) groups excluding carboxylic acids is 1. The quantitative estimate of drug-likeness (QED) is 0.283. The van der Waals surface area contributed by atoms with Crippen molar-refractivity contribution in [3.05, 3.63) is 107 Å². The van der Waals surface area contributed by atoms with E-state index in [2.05, 4.69) is 82.6 Å². The van der Waals surface area contributed by atoms with Crippen LogP contribution in [0.15, 0.2) is 78.9 Å². The molecule has 0 radical (unpaired) electrons. The van der Waals surface area contributed by atoms with Gasteiger partial charge in [0.25, 0.3) is 0 Å². The Morgan fingerprint density at radius 2 is 1.59 bits per heavy atom. The van der Waals surface area contributed by atoms with Crippen LogP contribution < -0.4 is 0 Å². The molecule has 0 amide bonds. The Bertz CT molecular complexity index is 1190. The van der Waals surface area contributed by atoms with E-state index in [-0.39, 0.29) is 11.5 Å². The predicted octanol–water partition coefficient (Wildman–Crippen LogP) is 6.76. The van der Waals surface area contributed by atoms with Crippen LogP contribution in [0.3, 0.4) is 0 Å². The molecule has 1 heterocycles. The molecule has 1 saturated heterocycles. The Hall–Kier alpha value is -2.17. The number of benzene rings is 3. The zero-order valence-electron chi connectivity index (χ0n) is 21.4. The highest BCUT2D eigenvalue weighted by atomic mass is 35.5. The van der Waals surface area contributed by atoms with Gasteiger partial charge in [-0.25, -0.2) is 0 Å². The first-order valence-electron chi connectivity index (χ1n) is 13.5. The molecule has 1 aliphatic heterocycles. The van der Waals surface area contributed by atoms with Gasteiger partial charge in [-0.3, -0.25) is 14.6 Å². The number of halogens is 2. The summed E-state index contributed by atoms with van der Waals surface area (Å²) in [5.41, 5.74) is 6.17. The SMILES string of the molecule is O=C1CCc2ccccc2C12CCN(Cc1cccc(C(CCl)N(CCCl)Cc3ccccc3)c1)CC2. The smallest absolute Gasteiger partial charge is 0.143 e. The highest BCUT2D eigenvalue weighted by Crippen LogP contribution is 2.42. The van der Waals surface area contributed by atoms with Crippen LogP contribution in [0.2, 0.25) is 0 Å². The van der Waals surface area contributed by atoms with Crippen LogP contribution in [0.25, 0.3) is 0 Å². The molecule has 3 aromatic carbocycles. The Balaban J connectivity index is 1.28. The third kappa shape index (κ3) is 5.81. The minimum absolute atomic E-state index is 0.0987. The summed E-state index contributed by atoms with van der Waals surface area (Å²) in [7, 11) is 0. The van der Waals surface area contributed by atoms with Gasteiger partial charge in [0, 0.05) is 43.9 Å². The number of piperidine rings is 1. The number of likely N-dealkylation sites (tertiary alicyclic amines) is 1. The second-order valence-electron chi connectivity index (χ2n) is 10.5. The summed E-state index contributed by atoms with van der Waals surface area (Å²) in [4.78, 5) is 18.0. The first-order valence-corrected chi connectivity index (χ1v) is 14.5. The van der Waals surface area contributed by atoms with Crippen molar-refractivity contribution in [2.45, 2.75) is 50.2 Å². The van der Waals surface area contributed by atoms with Gasteiger partial charge in [-0.2, -0.15) is 0 Å². The summed E-state index contributed by atoms with van der Waals surface area (Å²) >= 11 is 12.8. The van der Waals surface area contributed by atoms with Crippen molar-refractivity contribution in [2.75, 3.05) is 31.4 Å². The molecule has 5 heteroatoms. The molecule has 1 aliphatic carbocycles. The highest BCUT2D eigenvalue weighted by Gasteiger charge is 2.45. The first kappa shape index (κ1) is 26.4. The lowest BCUT2D eigenvalue weighted by molar-refractivity contribution is -0.127. The van der Waals surface area contributed by atoms with Gasteiger partial charge in [0.2, 0.25) is 0 Å². The minimum atomic E-state index is -0.281. The number of hydrogen-bond donors (Lipinski definition) is 0. The van der Waals surface area contributed by atoms with E-state index in [9.17, 15) is 4.79 Å². The molecule has 5 rings (SSSR count). The third-order valence-corrected chi connectivity index (χ3v) is 8.79. The Morgan fingerprint density at radius 3 is 2.35 bits per heavy atom. The van der Waals surface area contributed by atoms with Crippen molar-refractivity contribution in [3.63, 3.8) is 0 Å². The van der Waals surface area contributed by atoms with E-state index in [1.807, 2.05) is 6.07 Å². The molecule has 1 fully saturated rings. The summed E-state index contributed by atoms with van der Waals surface area (Å²) in [6.45, 7) is 4.37. The maximum Gasteiger partial charge on any atom is 0.143 e. The number of alkyl halides is 2. The van der Waals surface area contributed by atoms with Gasteiger partial charge in [0.05, 0.1) is 5.41 Å². The molecule has 3 nitrogen and oxygen atoms in total. The van der Waals surface area contributed by atoms with E-state index < -0.39 is 0 Å². The van der Waals surface area contributed by atoms with Crippen LogP contribution in [0.4, 0.5) is 0 Å². The lowest BCUT2D eigenvalue weighted by atomic mass is 9.64. The fourth-order valence-electron chi connectivity index (χ4n) is 6.31. The zero-order valence-corrected chi connectivity index (χ0v) is 22.9. The number of aryl methyl sites for hydroxylation is 1. The highest BCUT2D eigenvalue weighted by molar-refractivity contribution is 6.18. The van der Waals surface area contributed by atoms with E-state index in [1.165, 1.54) is 27.8 Å². The van der Waals surface area contributed by atoms with E-state index in [1.54, 1.807) is 0 Å². The van der Waals surface area contributed by atoms with Crippen molar-refractivity contribution >= 4 is 29.0 Å². The Morgan fingerprint density at radius 1 is 0.865 bits per heavy atom. The minimum Gasteiger partial charge on any atom is -0.299 e. The molecular weight excluding hydrogens is 499 g/mol. The number of Topliss-reactive ketones (excluding diaryl/α,β-unsaturated/α-hetero) is 1. The molecule has 0 bridgehead atoms. The van der Waals surface area contributed by atoms with Gasteiger partial charge in [-0.1, -0.05) is 78.9 Å². The van der Waals surface area contributed by atoms with Gasteiger partial charge < -0.3 is 0 Å². The molecule has 0 N–H and O–H groups in total. The molecule has 0 saturated carbocycles. The molecule has 194 valence electrons. The molecule has 0 aromatic heterocycles. The van der Waals surface area contributed by atoms with Crippen LogP contribution in [0.1, 0.15) is 53.1 Å². The number of rotatable bonds is 9. The van der Waals surface area contributed by atoms with E-state index in [0.29, 0.717) is 24.0 Å². The van der Waals surface area contributed by atoms with Crippen LogP contribution in [0.5, 0.6) is 0 Å². The fourth-order valence-corrected chi connectivity index (χ4v) is 6.90. The van der Waals surface area contributed by atoms with Crippen molar-refractivity contribution in [2.24, 2.45) is 0 Å². The zero-order chi connectivity index (χ0) is 25.7. The predicted molar refractivity (Wildman–Crippen MR) is 153 cm³/mol. The van der Waals surface area contributed by atoms with E-state index >= 15 is 0 Å². The number of carbonyl (C=O) groups is 1. The van der Waals surface area contributed by atoms with E-state index in [4.69, 9.17) is 23.2 Å². The molecule has 1 unspecified atom stereocenters. The van der Waals surface area contributed by atoms with Gasteiger partial charge in [-0.15, -0.1) is 23.2 Å². The second-order valence-corrected chi connectivity index (χ2v) is 11.2. The molecule has 2 aliphatic rings. The van der Waals surface area contributed by atoms with Crippen LogP contribution in [0, 0.1) is 0 Å². The van der Waals surface area contributed by atoms with Crippen LogP contribution >= 0.6 is 23.2 Å². The average molecular weight is 536 g/mol. The number of hydrogen-bond acceptors (Lipinski definition) is 3. The monoisotopic (exact) mass is 534 g/mol. The van der Waals surface area contributed by atoms with E-state index in [0.717, 1.165) is 52.0 Å². The Labute approximate surface area is 231 Å². The Kier molecular flexibility index (Phi) is 8.67. The van der Waals surface area contributed by atoms with Gasteiger partial charge in [0.1, 0.15) is 5.78 Å². The summed E-state index contributed by atoms with van der Waals surface area (Å²) in [6.07, 6.45) is 3.39. The van der Waals surface area contributed by atoms with Crippen molar-refractivity contribution in [1.29, 1.82) is 0 Å². The molecule has 1 atom stereocenters. The second kappa shape index (κ2) is 12.1. The maximum atomic E-state index is 13.2. The normalized spacial score (nSPS) is 18.2. The van der Waals surface area contributed by atoms with Crippen molar-refractivity contribution in [1.82, 2.24) is 9.80 Å². The number of fused-ring (bicyclic) bond motifs is 2. The summed E-state index contributed by atoms with van der Waals surface area (Å²) in [5.74, 6) is 1.52. The van der Waals surface area contributed by atoms with Gasteiger partial charge in [0.15, 0.2) is 0 Å². The standard InChI is InChI=1S/C32H36Cl2N2O/c33-17-20-36(24-25-7-2-1-3-8-25)30(22-34)28-11-6-9-26(21-28)23-35-18-15-32(16-19-35)29-12-5-4-10-27(29)13-14-31(32)37/h1-12,21,30H,13-20,22-24H2. The molecular formula is C32H36Cl2N2O.